The molecule has 6 nitrogen and oxygen atoms in total. The number of amides is 1. The van der Waals surface area contributed by atoms with Crippen LogP contribution < -0.4 is 14.4 Å². The van der Waals surface area contributed by atoms with Crippen LogP contribution in [0.25, 0.3) is 5.76 Å². The topological polar surface area (TPSA) is 76.1 Å². The Balaban J connectivity index is 1.96. The van der Waals surface area contributed by atoms with E-state index in [2.05, 4.69) is 0 Å². The maximum Gasteiger partial charge on any atom is 0.300 e. The van der Waals surface area contributed by atoms with Gasteiger partial charge in [0.15, 0.2) is 0 Å². The fourth-order valence-corrected chi connectivity index (χ4v) is 4.98. The van der Waals surface area contributed by atoms with Crippen molar-refractivity contribution in [2.75, 3.05) is 19.1 Å². The lowest BCUT2D eigenvalue weighted by atomic mass is 9.99. The van der Waals surface area contributed by atoms with Gasteiger partial charge in [-0.2, -0.15) is 0 Å². The summed E-state index contributed by atoms with van der Waals surface area (Å²) in [4.78, 5) is 28.5. The van der Waals surface area contributed by atoms with Crippen LogP contribution in [0.3, 0.4) is 0 Å². The van der Waals surface area contributed by atoms with Gasteiger partial charge in [0, 0.05) is 21.7 Å². The van der Waals surface area contributed by atoms with Crippen LogP contribution in [0.4, 0.5) is 5.69 Å². The largest absolute Gasteiger partial charge is 0.507 e. The molecule has 2 aromatic carbocycles. The molecule has 0 saturated carbocycles. The number of Topliss-reactive ketones (excluding diaryl/α,β-unsaturated/α-hetero) is 1. The minimum absolute atomic E-state index is 0.0707. The third-order valence-corrected chi connectivity index (χ3v) is 7.05. The van der Waals surface area contributed by atoms with Gasteiger partial charge in [0.05, 0.1) is 30.4 Å². The van der Waals surface area contributed by atoms with Crippen LogP contribution in [0.15, 0.2) is 53.4 Å². The summed E-state index contributed by atoms with van der Waals surface area (Å²) in [6.07, 6.45) is 0. The molecule has 4 rings (SSSR count). The monoisotopic (exact) mass is 503 g/mol. The van der Waals surface area contributed by atoms with E-state index in [1.54, 1.807) is 24.3 Å². The summed E-state index contributed by atoms with van der Waals surface area (Å²) in [5, 5.41) is 13.8. The van der Waals surface area contributed by atoms with E-state index in [-0.39, 0.29) is 21.9 Å². The summed E-state index contributed by atoms with van der Waals surface area (Å²) < 4.78 is 10.6. The van der Waals surface area contributed by atoms with Crippen LogP contribution >= 0.6 is 34.5 Å². The van der Waals surface area contributed by atoms with Gasteiger partial charge in [-0.05, 0) is 42.1 Å². The first-order valence-corrected chi connectivity index (χ1v) is 11.4. The first-order valence-electron chi connectivity index (χ1n) is 9.81. The zero-order valence-corrected chi connectivity index (χ0v) is 20.2. The summed E-state index contributed by atoms with van der Waals surface area (Å²) in [6.45, 7) is 1.84. The van der Waals surface area contributed by atoms with Crippen LogP contribution in [0.5, 0.6) is 11.5 Å². The van der Waals surface area contributed by atoms with Crippen molar-refractivity contribution < 1.29 is 24.2 Å². The number of carbonyl (C=O) groups is 2. The second-order valence-electron chi connectivity index (χ2n) is 7.31. The van der Waals surface area contributed by atoms with Gasteiger partial charge >= 0.3 is 0 Å². The third-order valence-electron chi connectivity index (χ3n) is 5.42. The van der Waals surface area contributed by atoms with Crippen LogP contribution in [0.1, 0.15) is 22.0 Å². The molecule has 1 N–H and O–H groups in total. The lowest BCUT2D eigenvalue weighted by molar-refractivity contribution is -0.132. The highest BCUT2D eigenvalue weighted by molar-refractivity contribution is 7.10. The van der Waals surface area contributed by atoms with Gasteiger partial charge in [-0.25, -0.2) is 0 Å². The third kappa shape index (κ3) is 3.97. The zero-order chi connectivity index (χ0) is 23.9. The Morgan fingerprint density at radius 2 is 1.76 bits per heavy atom. The second kappa shape index (κ2) is 9.09. The van der Waals surface area contributed by atoms with E-state index in [1.165, 1.54) is 42.6 Å². The van der Waals surface area contributed by atoms with E-state index < -0.39 is 23.5 Å². The molecule has 0 bridgehead atoms. The number of methoxy groups -OCH3 is 2. The van der Waals surface area contributed by atoms with Crippen molar-refractivity contribution in [1.82, 2.24) is 0 Å². The number of aliphatic hydroxyl groups is 1. The van der Waals surface area contributed by atoms with E-state index in [4.69, 9.17) is 32.7 Å². The predicted octanol–water partition coefficient (Wildman–Crippen LogP) is 6.01. The number of aryl methyl sites for hydroxylation is 1. The Labute approximate surface area is 204 Å². The second-order valence-corrected chi connectivity index (χ2v) is 9.10. The van der Waals surface area contributed by atoms with Gasteiger partial charge in [0.25, 0.3) is 11.7 Å². The number of carbonyl (C=O) groups excluding carboxylic acids is 2. The number of nitrogens with zero attached hydrogens (tertiary/aromatic N) is 1. The van der Waals surface area contributed by atoms with Gasteiger partial charge in [-0.15, -0.1) is 11.3 Å². The highest BCUT2D eigenvalue weighted by Crippen LogP contribution is 2.46. The molecule has 1 atom stereocenters. The average molecular weight is 504 g/mol. The molecule has 1 saturated heterocycles. The van der Waals surface area contributed by atoms with Gasteiger partial charge < -0.3 is 14.6 Å². The summed E-state index contributed by atoms with van der Waals surface area (Å²) in [6, 6.07) is 10.8. The molecule has 1 aliphatic heterocycles. The molecule has 9 heteroatoms. The molecule has 33 heavy (non-hydrogen) atoms. The number of benzene rings is 2. The maximum atomic E-state index is 13.2. The molecule has 1 aromatic heterocycles. The first kappa shape index (κ1) is 23.2. The fourth-order valence-electron chi connectivity index (χ4n) is 3.74. The molecule has 1 aliphatic rings. The number of ether oxygens (including phenoxy) is 2. The van der Waals surface area contributed by atoms with Gasteiger partial charge in [0.1, 0.15) is 23.3 Å². The standard InChI is InChI=1S/C24H19Cl2NO5S/c1-12-6-7-13(9-15(12)25)27-21(19-5-4-8-33-19)20(23(29)24(27)30)22(28)14-10-16(26)18(32-3)11-17(14)31-2/h4-11,21,28H,1-3H3/b22-20-. The van der Waals surface area contributed by atoms with Crippen molar-refractivity contribution >= 4 is 57.7 Å². The number of halogens is 2. The molecule has 1 unspecified atom stereocenters. The Bertz CT molecular complexity index is 1290. The fraction of sp³-hybridized carbons (Fsp3) is 0.167. The molecular formula is C24H19Cl2NO5S. The smallest absolute Gasteiger partial charge is 0.300 e. The van der Waals surface area contributed by atoms with Crippen molar-refractivity contribution in [3.8, 4) is 11.5 Å². The van der Waals surface area contributed by atoms with Crippen LogP contribution in [-0.2, 0) is 9.59 Å². The molecule has 0 radical (unpaired) electrons. The number of aliphatic hydroxyl groups excluding tert-OH is 1. The molecule has 1 fully saturated rings. The van der Waals surface area contributed by atoms with Crippen molar-refractivity contribution in [3.63, 3.8) is 0 Å². The number of hydrogen-bond donors (Lipinski definition) is 1. The highest BCUT2D eigenvalue weighted by Gasteiger charge is 2.47. The Morgan fingerprint density at radius 1 is 1.03 bits per heavy atom. The summed E-state index contributed by atoms with van der Waals surface area (Å²) in [7, 11) is 2.87. The first-order chi connectivity index (χ1) is 15.8. The molecule has 0 aliphatic carbocycles. The molecule has 0 spiro atoms. The average Bonchev–Trinajstić information content (AvgIpc) is 3.42. The normalized spacial score (nSPS) is 17.5. The Hall–Kier alpha value is -3.00. The number of ketones is 1. The minimum atomic E-state index is -0.852. The van der Waals surface area contributed by atoms with Crippen molar-refractivity contribution in [2.45, 2.75) is 13.0 Å². The summed E-state index contributed by atoms with van der Waals surface area (Å²) in [5.41, 5.74) is 1.38. The molecule has 3 aromatic rings. The number of rotatable bonds is 5. The number of thiophene rings is 1. The molecule has 2 heterocycles. The SMILES string of the molecule is COc1cc(OC)c(/C(O)=C2/C(=O)C(=O)N(c3ccc(C)c(Cl)c3)C2c2cccs2)cc1Cl. The molecule has 170 valence electrons. The van der Waals surface area contributed by atoms with Crippen molar-refractivity contribution in [3.05, 3.63) is 79.5 Å². The number of hydrogen-bond acceptors (Lipinski definition) is 6. The van der Waals surface area contributed by atoms with Crippen molar-refractivity contribution in [2.24, 2.45) is 0 Å². The van der Waals surface area contributed by atoms with Gasteiger partial charge in [0.2, 0.25) is 0 Å². The van der Waals surface area contributed by atoms with Crippen molar-refractivity contribution in [1.29, 1.82) is 0 Å². The zero-order valence-electron chi connectivity index (χ0n) is 17.9. The predicted molar refractivity (Wildman–Crippen MR) is 130 cm³/mol. The van der Waals surface area contributed by atoms with Crippen LogP contribution in [0.2, 0.25) is 10.0 Å². The summed E-state index contributed by atoms with van der Waals surface area (Å²) in [5.74, 6) is -1.41. The summed E-state index contributed by atoms with van der Waals surface area (Å²) >= 11 is 13.9. The van der Waals surface area contributed by atoms with Gasteiger partial charge in [-0.3, -0.25) is 14.5 Å². The van der Waals surface area contributed by atoms with Gasteiger partial charge in [-0.1, -0.05) is 35.3 Å². The molecule has 1 amide bonds. The van der Waals surface area contributed by atoms with E-state index in [0.29, 0.717) is 21.3 Å². The van der Waals surface area contributed by atoms with E-state index >= 15 is 0 Å². The van der Waals surface area contributed by atoms with E-state index in [1.807, 2.05) is 18.4 Å². The van der Waals surface area contributed by atoms with E-state index in [9.17, 15) is 14.7 Å². The van der Waals surface area contributed by atoms with E-state index in [0.717, 1.165) is 5.56 Å². The maximum absolute atomic E-state index is 13.2. The minimum Gasteiger partial charge on any atom is -0.507 e. The van der Waals surface area contributed by atoms with Crippen LogP contribution in [-0.4, -0.2) is 31.0 Å². The molecular weight excluding hydrogens is 485 g/mol. The quantitative estimate of drug-likeness (QED) is 0.262. The highest BCUT2D eigenvalue weighted by atomic mass is 35.5. The Kier molecular flexibility index (Phi) is 6.38. The van der Waals surface area contributed by atoms with Crippen LogP contribution in [0, 0.1) is 6.92 Å². The Morgan fingerprint density at radius 3 is 2.36 bits per heavy atom. The number of anilines is 1. The lowest BCUT2D eigenvalue weighted by Gasteiger charge is -2.24. The lowest BCUT2D eigenvalue weighted by Crippen LogP contribution is -2.29.